The molecule has 3 N–H and O–H groups in total. The van der Waals surface area contributed by atoms with Gasteiger partial charge in [-0.2, -0.15) is 0 Å². The van der Waals surface area contributed by atoms with E-state index < -0.39 is 0 Å². The van der Waals surface area contributed by atoms with Crippen LogP contribution in [0, 0.1) is 0 Å². The van der Waals surface area contributed by atoms with E-state index >= 15 is 0 Å². The van der Waals surface area contributed by atoms with Crippen molar-refractivity contribution in [2.75, 3.05) is 18.2 Å². The molecule has 0 atom stereocenters. The summed E-state index contributed by atoms with van der Waals surface area (Å²) in [6.45, 7) is 0.633. The van der Waals surface area contributed by atoms with Crippen LogP contribution in [-0.4, -0.2) is 7.11 Å². The Bertz CT molecular complexity index is 480. The van der Waals surface area contributed by atoms with E-state index in [1.165, 1.54) is 0 Å². The van der Waals surface area contributed by atoms with Crippen LogP contribution in [0.25, 0.3) is 0 Å². The Morgan fingerprint density at radius 3 is 2.41 bits per heavy atom. The summed E-state index contributed by atoms with van der Waals surface area (Å²) in [4.78, 5) is 0. The Labute approximate surface area is 101 Å². The van der Waals surface area contributed by atoms with Gasteiger partial charge in [-0.15, -0.1) is 0 Å². The first-order valence-electron chi connectivity index (χ1n) is 5.49. The number of anilines is 3. The second kappa shape index (κ2) is 5.37. The van der Waals surface area contributed by atoms with Gasteiger partial charge >= 0.3 is 0 Å². The van der Waals surface area contributed by atoms with Gasteiger partial charge in [0.05, 0.1) is 18.0 Å². The van der Waals surface area contributed by atoms with Crippen LogP contribution in [0.1, 0.15) is 5.56 Å². The minimum Gasteiger partial charge on any atom is -0.397 e. The lowest BCUT2D eigenvalue weighted by Crippen LogP contribution is -1.96. The summed E-state index contributed by atoms with van der Waals surface area (Å²) in [5, 5.41) is 3.28. The molecule has 0 aromatic heterocycles. The van der Waals surface area contributed by atoms with Crippen LogP contribution in [-0.2, 0) is 11.3 Å². The summed E-state index contributed by atoms with van der Waals surface area (Å²) in [5.74, 6) is 0. The molecule has 0 unspecified atom stereocenters. The predicted octanol–water partition coefficient (Wildman–Crippen LogP) is 3.16. The van der Waals surface area contributed by atoms with Crippen molar-refractivity contribution in [3.63, 3.8) is 0 Å². The van der Waals surface area contributed by atoms with Gasteiger partial charge < -0.3 is 15.8 Å². The summed E-state index contributed by atoms with van der Waals surface area (Å²) in [7, 11) is 1.69. The van der Waals surface area contributed by atoms with Crippen molar-refractivity contribution < 1.29 is 4.74 Å². The molecular weight excluding hydrogens is 212 g/mol. The van der Waals surface area contributed by atoms with Crippen LogP contribution in [0.3, 0.4) is 0 Å². The molecule has 0 amide bonds. The quantitative estimate of drug-likeness (QED) is 0.790. The molecule has 3 nitrogen and oxygen atoms in total. The van der Waals surface area contributed by atoms with E-state index in [1.807, 2.05) is 48.5 Å². The first kappa shape index (κ1) is 11.5. The number of benzene rings is 2. The fourth-order valence-corrected chi connectivity index (χ4v) is 1.62. The third kappa shape index (κ3) is 2.98. The van der Waals surface area contributed by atoms with Crippen molar-refractivity contribution in [1.29, 1.82) is 0 Å². The van der Waals surface area contributed by atoms with Gasteiger partial charge in [0, 0.05) is 12.8 Å². The summed E-state index contributed by atoms with van der Waals surface area (Å²) in [5.41, 5.74) is 9.70. The third-order valence-corrected chi connectivity index (χ3v) is 2.50. The molecule has 0 fully saturated rings. The molecule has 17 heavy (non-hydrogen) atoms. The van der Waals surface area contributed by atoms with Gasteiger partial charge in [0.15, 0.2) is 0 Å². The molecule has 2 aromatic rings. The number of ether oxygens (including phenoxy) is 1. The SMILES string of the molecule is COCc1ccc(Nc2ccccc2N)cc1. The Hall–Kier alpha value is -2.00. The maximum Gasteiger partial charge on any atom is 0.0713 e. The third-order valence-electron chi connectivity index (χ3n) is 2.50. The Morgan fingerprint density at radius 1 is 1.06 bits per heavy atom. The highest BCUT2D eigenvalue weighted by Crippen LogP contribution is 2.22. The molecule has 0 bridgehead atoms. The molecule has 0 aliphatic rings. The lowest BCUT2D eigenvalue weighted by atomic mass is 10.2. The molecule has 0 radical (unpaired) electrons. The smallest absolute Gasteiger partial charge is 0.0713 e. The van der Waals surface area contributed by atoms with E-state index in [-0.39, 0.29) is 0 Å². The fraction of sp³-hybridized carbons (Fsp3) is 0.143. The van der Waals surface area contributed by atoms with Gasteiger partial charge in [0.2, 0.25) is 0 Å². The summed E-state index contributed by atoms with van der Waals surface area (Å²) in [6, 6.07) is 15.8. The summed E-state index contributed by atoms with van der Waals surface area (Å²) in [6.07, 6.45) is 0. The number of para-hydroxylation sites is 2. The highest BCUT2D eigenvalue weighted by molar-refractivity contribution is 5.72. The molecule has 3 heteroatoms. The zero-order valence-corrected chi connectivity index (χ0v) is 9.81. The van der Waals surface area contributed by atoms with Crippen LogP contribution in [0.4, 0.5) is 17.1 Å². The molecule has 0 aliphatic heterocycles. The largest absolute Gasteiger partial charge is 0.397 e. The number of methoxy groups -OCH3 is 1. The Balaban J connectivity index is 2.11. The van der Waals surface area contributed by atoms with Crippen molar-refractivity contribution >= 4 is 17.1 Å². The molecule has 2 rings (SSSR count). The first-order valence-corrected chi connectivity index (χ1v) is 5.49. The second-order valence-electron chi connectivity index (χ2n) is 3.84. The number of rotatable bonds is 4. The first-order chi connectivity index (χ1) is 8.29. The van der Waals surface area contributed by atoms with Gasteiger partial charge in [-0.25, -0.2) is 0 Å². The highest BCUT2D eigenvalue weighted by atomic mass is 16.5. The van der Waals surface area contributed by atoms with Gasteiger partial charge in [0.25, 0.3) is 0 Å². The minimum absolute atomic E-state index is 0.633. The van der Waals surface area contributed by atoms with Crippen LogP contribution in [0.15, 0.2) is 48.5 Å². The molecule has 0 saturated heterocycles. The number of hydrogen-bond donors (Lipinski definition) is 2. The number of hydrogen-bond acceptors (Lipinski definition) is 3. The lowest BCUT2D eigenvalue weighted by molar-refractivity contribution is 0.185. The predicted molar refractivity (Wildman–Crippen MR) is 71.3 cm³/mol. The normalized spacial score (nSPS) is 10.2. The lowest BCUT2D eigenvalue weighted by Gasteiger charge is -2.09. The van der Waals surface area contributed by atoms with Gasteiger partial charge in [-0.1, -0.05) is 24.3 Å². The van der Waals surface area contributed by atoms with Gasteiger partial charge in [-0.05, 0) is 29.8 Å². The zero-order chi connectivity index (χ0) is 12.1. The molecule has 2 aromatic carbocycles. The number of nitrogens with one attached hydrogen (secondary N) is 1. The van der Waals surface area contributed by atoms with Crippen LogP contribution in [0.2, 0.25) is 0 Å². The maximum atomic E-state index is 5.86. The second-order valence-corrected chi connectivity index (χ2v) is 3.84. The summed E-state index contributed by atoms with van der Waals surface area (Å²) >= 11 is 0. The highest BCUT2D eigenvalue weighted by Gasteiger charge is 1.98. The average molecular weight is 228 g/mol. The molecular formula is C14H16N2O. The van der Waals surface area contributed by atoms with Crippen molar-refractivity contribution in [1.82, 2.24) is 0 Å². The van der Waals surface area contributed by atoms with Crippen LogP contribution >= 0.6 is 0 Å². The van der Waals surface area contributed by atoms with Crippen molar-refractivity contribution in [2.45, 2.75) is 6.61 Å². The summed E-state index contributed by atoms with van der Waals surface area (Å²) < 4.78 is 5.06. The fourth-order valence-electron chi connectivity index (χ4n) is 1.62. The van der Waals surface area contributed by atoms with E-state index in [0.29, 0.717) is 6.61 Å². The topological polar surface area (TPSA) is 47.3 Å². The molecule has 0 saturated carbocycles. The van der Waals surface area contributed by atoms with E-state index in [0.717, 1.165) is 22.6 Å². The average Bonchev–Trinajstić information content (AvgIpc) is 2.35. The van der Waals surface area contributed by atoms with E-state index in [4.69, 9.17) is 10.5 Å². The van der Waals surface area contributed by atoms with Crippen LogP contribution in [0.5, 0.6) is 0 Å². The minimum atomic E-state index is 0.633. The maximum absolute atomic E-state index is 5.86. The standard InChI is InChI=1S/C14H16N2O/c1-17-10-11-6-8-12(9-7-11)16-14-5-3-2-4-13(14)15/h2-9,16H,10,15H2,1H3. The Morgan fingerprint density at radius 2 is 1.76 bits per heavy atom. The van der Waals surface area contributed by atoms with Gasteiger partial charge in [-0.3, -0.25) is 0 Å². The molecule has 0 aliphatic carbocycles. The molecule has 0 heterocycles. The number of nitrogens with two attached hydrogens (primary N) is 1. The van der Waals surface area contributed by atoms with E-state index in [9.17, 15) is 0 Å². The van der Waals surface area contributed by atoms with E-state index in [1.54, 1.807) is 7.11 Å². The Kier molecular flexibility index (Phi) is 3.62. The molecule has 88 valence electrons. The number of nitrogen functional groups attached to an aromatic ring is 1. The van der Waals surface area contributed by atoms with Gasteiger partial charge in [0.1, 0.15) is 0 Å². The van der Waals surface area contributed by atoms with Crippen molar-refractivity contribution in [2.24, 2.45) is 0 Å². The van der Waals surface area contributed by atoms with Crippen molar-refractivity contribution in [3.8, 4) is 0 Å². The van der Waals surface area contributed by atoms with E-state index in [2.05, 4.69) is 5.32 Å². The van der Waals surface area contributed by atoms with Crippen LogP contribution < -0.4 is 11.1 Å². The molecule has 0 spiro atoms. The zero-order valence-electron chi connectivity index (χ0n) is 9.81. The monoisotopic (exact) mass is 228 g/mol. The van der Waals surface area contributed by atoms with Crippen molar-refractivity contribution in [3.05, 3.63) is 54.1 Å².